The molecule has 0 aromatic heterocycles. The van der Waals surface area contributed by atoms with Crippen LogP contribution in [-0.2, 0) is 0 Å². The molecule has 2 N–H and O–H groups in total. The van der Waals surface area contributed by atoms with Crippen molar-refractivity contribution in [2.24, 2.45) is 5.92 Å². The zero-order valence-electron chi connectivity index (χ0n) is 13.7. The summed E-state index contributed by atoms with van der Waals surface area (Å²) in [6.45, 7) is 4.41. The number of rotatable bonds is 3. The Kier molecular flexibility index (Phi) is 4.23. The summed E-state index contributed by atoms with van der Waals surface area (Å²) in [5, 5.41) is 15.9. The van der Waals surface area contributed by atoms with Crippen molar-refractivity contribution in [1.82, 2.24) is 10.2 Å². The molecule has 2 aliphatic rings. The van der Waals surface area contributed by atoms with Crippen molar-refractivity contribution < 1.29 is 5.11 Å². The molecule has 1 saturated carbocycles. The van der Waals surface area contributed by atoms with Gasteiger partial charge in [0.05, 0.1) is 0 Å². The summed E-state index contributed by atoms with van der Waals surface area (Å²) >= 11 is 0. The number of phenols is 1. The molecule has 3 heteroatoms. The highest BCUT2D eigenvalue weighted by Crippen LogP contribution is 2.43. The summed E-state index contributed by atoms with van der Waals surface area (Å²) in [6, 6.07) is 12.9. The summed E-state index contributed by atoms with van der Waals surface area (Å²) in [7, 11) is 0. The number of fused-ring (bicyclic) bond motifs is 1. The standard InChI is InChI=1S/C20H26N2O/c23-19-10-9-18(16-7-3-4-8-17(16)19)20(15-5-1-2-6-15)22-13-11-21-12-14-22/h3-4,7-10,15,20-21,23H,1-2,5-6,11-14H2/t20-/m0/s1. The molecular formula is C20H26N2O. The predicted molar refractivity (Wildman–Crippen MR) is 94.8 cm³/mol. The molecule has 3 nitrogen and oxygen atoms in total. The number of hydrogen-bond acceptors (Lipinski definition) is 3. The number of hydrogen-bond donors (Lipinski definition) is 2. The third-order valence-electron chi connectivity index (χ3n) is 5.64. The zero-order chi connectivity index (χ0) is 15.6. The lowest BCUT2D eigenvalue weighted by Crippen LogP contribution is -2.46. The van der Waals surface area contributed by atoms with Crippen LogP contribution in [0.3, 0.4) is 0 Å². The number of piperazine rings is 1. The van der Waals surface area contributed by atoms with Gasteiger partial charge < -0.3 is 10.4 Å². The fourth-order valence-electron chi connectivity index (χ4n) is 4.55. The van der Waals surface area contributed by atoms with E-state index in [9.17, 15) is 5.11 Å². The van der Waals surface area contributed by atoms with Crippen LogP contribution in [0.1, 0.15) is 37.3 Å². The van der Waals surface area contributed by atoms with Gasteiger partial charge in [0.1, 0.15) is 5.75 Å². The van der Waals surface area contributed by atoms with Crippen LogP contribution < -0.4 is 5.32 Å². The largest absolute Gasteiger partial charge is 0.507 e. The molecule has 0 radical (unpaired) electrons. The van der Waals surface area contributed by atoms with Gasteiger partial charge in [-0.05, 0) is 35.8 Å². The van der Waals surface area contributed by atoms with E-state index in [1.54, 1.807) is 0 Å². The molecule has 4 rings (SSSR count). The average Bonchev–Trinajstić information content (AvgIpc) is 3.13. The molecule has 2 aromatic carbocycles. The van der Waals surface area contributed by atoms with Crippen molar-refractivity contribution in [3.05, 3.63) is 42.0 Å². The Hall–Kier alpha value is -1.58. The van der Waals surface area contributed by atoms with Gasteiger partial charge >= 0.3 is 0 Å². The van der Waals surface area contributed by atoms with Crippen molar-refractivity contribution in [3.8, 4) is 5.75 Å². The van der Waals surface area contributed by atoms with E-state index < -0.39 is 0 Å². The number of aromatic hydroxyl groups is 1. The zero-order valence-corrected chi connectivity index (χ0v) is 13.7. The molecule has 2 fully saturated rings. The van der Waals surface area contributed by atoms with E-state index in [0.29, 0.717) is 11.8 Å². The summed E-state index contributed by atoms with van der Waals surface area (Å²) in [5.41, 5.74) is 1.41. The molecule has 1 aliphatic heterocycles. The van der Waals surface area contributed by atoms with Crippen molar-refractivity contribution in [1.29, 1.82) is 0 Å². The van der Waals surface area contributed by atoms with Gasteiger partial charge in [0.15, 0.2) is 0 Å². The van der Waals surface area contributed by atoms with E-state index in [-0.39, 0.29) is 0 Å². The first-order chi connectivity index (χ1) is 11.3. The van der Waals surface area contributed by atoms with Crippen LogP contribution in [0.5, 0.6) is 5.75 Å². The van der Waals surface area contributed by atoms with Crippen LogP contribution in [0.4, 0.5) is 0 Å². The molecular weight excluding hydrogens is 284 g/mol. The maximum Gasteiger partial charge on any atom is 0.123 e. The van der Waals surface area contributed by atoms with Crippen LogP contribution in [0.15, 0.2) is 36.4 Å². The quantitative estimate of drug-likeness (QED) is 0.908. The smallest absolute Gasteiger partial charge is 0.123 e. The first-order valence-corrected chi connectivity index (χ1v) is 9.00. The first-order valence-electron chi connectivity index (χ1n) is 9.00. The van der Waals surface area contributed by atoms with Crippen LogP contribution in [0.2, 0.25) is 0 Å². The third kappa shape index (κ3) is 2.84. The lowest BCUT2D eigenvalue weighted by Gasteiger charge is -2.39. The predicted octanol–water partition coefficient (Wildman–Crippen LogP) is 3.68. The second-order valence-corrected chi connectivity index (χ2v) is 6.99. The van der Waals surface area contributed by atoms with Crippen LogP contribution in [0, 0.1) is 5.92 Å². The van der Waals surface area contributed by atoms with Crippen molar-refractivity contribution in [3.63, 3.8) is 0 Å². The van der Waals surface area contributed by atoms with E-state index in [1.807, 2.05) is 18.2 Å². The number of benzene rings is 2. The van der Waals surface area contributed by atoms with Gasteiger partial charge in [-0.25, -0.2) is 0 Å². The molecule has 2 aromatic rings. The van der Waals surface area contributed by atoms with Crippen molar-refractivity contribution >= 4 is 10.8 Å². The Bertz CT molecular complexity index is 672. The molecule has 0 amide bonds. The molecule has 1 atom stereocenters. The van der Waals surface area contributed by atoms with Gasteiger partial charge in [-0.2, -0.15) is 0 Å². The summed E-state index contributed by atoms with van der Waals surface area (Å²) in [6.07, 6.45) is 5.40. The van der Waals surface area contributed by atoms with E-state index in [4.69, 9.17) is 0 Å². The lowest BCUT2D eigenvalue weighted by atomic mass is 9.86. The van der Waals surface area contributed by atoms with Gasteiger partial charge in [-0.1, -0.05) is 43.2 Å². The third-order valence-corrected chi connectivity index (χ3v) is 5.64. The van der Waals surface area contributed by atoms with E-state index in [2.05, 4.69) is 28.4 Å². The van der Waals surface area contributed by atoms with Crippen LogP contribution >= 0.6 is 0 Å². The molecule has 0 bridgehead atoms. The second-order valence-electron chi connectivity index (χ2n) is 6.99. The lowest BCUT2D eigenvalue weighted by molar-refractivity contribution is 0.126. The van der Waals surface area contributed by atoms with Crippen LogP contribution in [-0.4, -0.2) is 36.2 Å². The van der Waals surface area contributed by atoms with E-state index in [1.165, 1.54) is 36.6 Å². The highest BCUT2D eigenvalue weighted by atomic mass is 16.3. The summed E-state index contributed by atoms with van der Waals surface area (Å²) in [4.78, 5) is 2.67. The number of nitrogens with zero attached hydrogens (tertiary/aromatic N) is 1. The Morgan fingerprint density at radius 2 is 1.65 bits per heavy atom. The van der Waals surface area contributed by atoms with Gasteiger partial charge in [0, 0.05) is 37.6 Å². The maximum absolute atomic E-state index is 10.2. The molecule has 0 unspecified atom stereocenters. The molecule has 1 heterocycles. The van der Waals surface area contributed by atoms with Crippen LogP contribution in [0.25, 0.3) is 10.8 Å². The SMILES string of the molecule is Oc1ccc([C@H](C2CCCC2)N2CCNCC2)c2ccccc12. The van der Waals surface area contributed by atoms with Gasteiger partial charge in [-0.15, -0.1) is 0 Å². The minimum absolute atomic E-state index is 0.398. The molecule has 0 spiro atoms. The number of nitrogens with one attached hydrogen (secondary N) is 1. The highest BCUT2D eigenvalue weighted by Gasteiger charge is 2.32. The minimum atomic E-state index is 0.398. The Balaban J connectivity index is 1.80. The van der Waals surface area contributed by atoms with Gasteiger partial charge in [0.2, 0.25) is 0 Å². The van der Waals surface area contributed by atoms with Gasteiger partial charge in [-0.3, -0.25) is 4.90 Å². The monoisotopic (exact) mass is 310 g/mol. The van der Waals surface area contributed by atoms with Crippen molar-refractivity contribution in [2.75, 3.05) is 26.2 Å². The van der Waals surface area contributed by atoms with Gasteiger partial charge in [0.25, 0.3) is 0 Å². The average molecular weight is 310 g/mol. The Morgan fingerprint density at radius 3 is 2.39 bits per heavy atom. The Morgan fingerprint density at radius 1 is 0.957 bits per heavy atom. The highest BCUT2D eigenvalue weighted by molar-refractivity contribution is 5.91. The normalized spacial score (nSPS) is 21.7. The summed E-state index contributed by atoms with van der Waals surface area (Å²) < 4.78 is 0. The first kappa shape index (κ1) is 15.0. The van der Waals surface area contributed by atoms with Crippen molar-refractivity contribution in [2.45, 2.75) is 31.7 Å². The number of phenolic OH excluding ortho intramolecular Hbond substituents is 1. The fraction of sp³-hybridized carbons (Fsp3) is 0.500. The van der Waals surface area contributed by atoms with E-state index in [0.717, 1.165) is 37.5 Å². The topological polar surface area (TPSA) is 35.5 Å². The minimum Gasteiger partial charge on any atom is -0.507 e. The van der Waals surface area contributed by atoms with E-state index >= 15 is 0 Å². The second kappa shape index (κ2) is 6.50. The maximum atomic E-state index is 10.2. The molecule has 1 aliphatic carbocycles. The molecule has 122 valence electrons. The molecule has 23 heavy (non-hydrogen) atoms. The fourth-order valence-corrected chi connectivity index (χ4v) is 4.55. The molecule has 1 saturated heterocycles. The summed E-state index contributed by atoms with van der Waals surface area (Å²) in [5.74, 6) is 1.15. The Labute approximate surface area is 138 Å².